The first-order chi connectivity index (χ1) is 11.4. The van der Waals surface area contributed by atoms with Crippen molar-refractivity contribution in [2.45, 2.75) is 85.7 Å². The van der Waals surface area contributed by atoms with Crippen molar-refractivity contribution in [2.24, 2.45) is 0 Å². The van der Waals surface area contributed by atoms with Gasteiger partial charge in [-0.1, -0.05) is 41.0 Å². The number of rotatable bonds is 11. The molecule has 0 aliphatic heterocycles. The third kappa shape index (κ3) is 16.8. The molecule has 0 amide bonds. The Kier molecular flexibility index (Phi) is 18.2. The second-order valence-corrected chi connectivity index (χ2v) is 5.44. The van der Waals surface area contributed by atoms with E-state index in [4.69, 9.17) is 14.2 Å². The zero-order chi connectivity index (χ0) is 18.8. The first-order valence-corrected chi connectivity index (χ1v) is 8.95. The molecule has 0 bridgehead atoms. The molecule has 0 spiro atoms. The summed E-state index contributed by atoms with van der Waals surface area (Å²) in [7, 11) is 0. The molecule has 0 unspecified atom stereocenters. The number of hydrogen-bond acceptors (Lipinski definition) is 6. The van der Waals surface area contributed by atoms with Crippen LogP contribution in [0.2, 0.25) is 0 Å². The molecule has 0 radical (unpaired) electrons. The molecule has 0 rings (SSSR count). The molecule has 6 heteroatoms. The number of esters is 3. The normalized spacial score (nSPS) is 9.75. The van der Waals surface area contributed by atoms with E-state index in [1.807, 2.05) is 20.8 Å². The number of ether oxygens (including phenoxy) is 3. The van der Waals surface area contributed by atoms with E-state index in [-0.39, 0.29) is 37.5 Å². The highest BCUT2D eigenvalue weighted by molar-refractivity contribution is 5.71. The van der Waals surface area contributed by atoms with E-state index in [9.17, 15) is 14.4 Å². The fraction of sp³-hybridized carbons (Fsp3) is 0.833. The third-order valence-corrected chi connectivity index (χ3v) is 2.52. The van der Waals surface area contributed by atoms with Crippen LogP contribution in [0, 0.1) is 0 Å². The zero-order valence-corrected chi connectivity index (χ0v) is 15.9. The van der Waals surface area contributed by atoms with Crippen LogP contribution in [0.1, 0.15) is 79.6 Å². The molecule has 142 valence electrons. The molecule has 0 aromatic carbocycles. The third-order valence-electron chi connectivity index (χ3n) is 2.52. The molecule has 0 aliphatic carbocycles. The van der Waals surface area contributed by atoms with E-state index >= 15 is 0 Å². The van der Waals surface area contributed by atoms with Crippen LogP contribution in [0.5, 0.6) is 0 Å². The van der Waals surface area contributed by atoms with Crippen molar-refractivity contribution in [2.75, 3.05) is 13.2 Å². The highest BCUT2D eigenvalue weighted by atomic mass is 16.6. The molecule has 24 heavy (non-hydrogen) atoms. The fourth-order valence-electron chi connectivity index (χ4n) is 1.49. The minimum absolute atomic E-state index is 0.0896. The minimum atomic E-state index is -0.745. The van der Waals surface area contributed by atoms with Gasteiger partial charge in [-0.2, -0.15) is 0 Å². The average molecular weight is 346 g/mol. The lowest BCUT2D eigenvalue weighted by Gasteiger charge is -2.18. The summed E-state index contributed by atoms with van der Waals surface area (Å²) < 4.78 is 15.2. The van der Waals surface area contributed by atoms with E-state index in [0.29, 0.717) is 32.1 Å². The lowest BCUT2D eigenvalue weighted by Crippen LogP contribution is -2.30. The molecule has 6 nitrogen and oxygen atoms in total. The summed E-state index contributed by atoms with van der Waals surface area (Å²) in [5.41, 5.74) is 0. The molecular formula is C18H34O6. The van der Waals surface area contributed by atoms with Crippen molar-refractivity contribution >= 4 is 17.9 Å². The van der Waals surface area contributed by atoms with E-state index < -0.39 is 6.10 Å². The first-order valence-electron chi connectivity index (χ1n) is 8.95. The Bertz CT molecular complexity index is 318. The Hall–Kier alpha value is -1.59. The predicted octanol–water partition coefficient (Wildman–Crippen LogP) is 3.80. The van der Waals surface area contributed by atoms with Gasteiger partial charge in [-0.3, -0.25) is 14.4 Å². The van der Waals surface area contributed by atoms with Crippen molar-refractivity contribution in [3.05, 3.63) is 0 Å². The molecule has 0 saturated heterocycles. The molecular weight excluding hydrogens is 312 g/mol. The second kappa shape index (κ2) is 17.8. The summed E-state index contributed by atoms with van der Waals surface area (Å²) in [6.45, 7) is 9.67. The van der Waals surface area contributed by atoms with Crippen LogP contribution in [0.25, 0.3) is 0 Å². The van der Waals surface area contributed by atoms with Crippen LogP contribution >= 0.6 is 0 Å². The number of carbonyl (C=O) groups is 3. The van der Waals surface area contributed by atoms with Gasteiger partial charge in [0.05, 0.1) is 0 Å². The smallest absolute Gasteiger partial charge is 0.306 e. The van der Waals surface area contributed by atoms with Crippen LogP contribution in [-0.4, -0.2) is 37.2 Å². The van der Waals surface area contributed by atoms with Crippen LogP contribution in [0.3, 0.4) is 0 Å². The second-order valence-electron chi connectivity index (χ2n) is 5.44. The highest BCUT2D eigenvalue weighted by Crippen LogP contribution is 2.03. The molecule has 0 heterocycles. The quantitative estimate of drug-likeness (QED) is 0.418. The topological polar surface area (TPSA) is 78.9 Å². The van der Waals surface area contributed by atoms with Crippen LogP contribution in [0.4, 0.5) is 0 Å². The number of hydrogen-bond donors (Lipinski definition) is 0. The summed E-state index contributed by atoms with van der Waals surface area (Å²) in [6, 6.07) is 0. The Balaban J connectivity index is 0. The Labute approximate surface area is 146 Å². The maximum atomic E-state index is 11.5. The fourth-order valence-corrected chi connectivity index (χ4v) is 1.49. The zero-order valence-electron chi connectivity index (χ0n) is 15.9. The van der Waals surface area contributed by atoms with Gasteiger partial charge in [0.25, 0.3) is 0 Å². The maximum Gasteiger partial charge on any atom is 0.306 e. The van der Waals surface area contributed by atoms with Crippen LogP contribution in [-0.2, 0) is 28.6 Å². The Morgan fingerprint density at radius 2 is 1.00 bits per heavy atom. The van der Waals surface area contributed by atoms with Crippen molar-refractivity contribution < 1.29 is 28.6 Å². The highest BCUT2D eigenvalue weighted by Gasteiger charge is 2.18. The summed E-state index contributed by atoms with van der Waals surface area (Å²) in [5, 5.41) is 0. The van der Waals surface area contributed by atoms with Gasteiger partial charge < -0.3 is 14.2 Å². The van der Waals surface area contributed by atoms with Gasteiger partial charge in [-0.05, 0) is 19.3 Å². The number of carbonyl (C=O) groups excluding carboxylic acids is 3. The monoisotopic (exact) mass is 346 g/mol. The standard InChI is InChI=1S/C15H26O6.C3H8/c1-4-7-13(16)19-10-12(21-15(18)9-6-3)11-20-14(17)8-5-2;1-3-2/h12H,4-11H2,1-3H3;3H2,1-2H3. The largest absolute Gasteiger partial charge is 0.462 e. The summed E-state index contributed by atoms with van der Waals surface area (Å²) in [6.07, 6.45) is 3.44. The Morgan fingerprint density at radius 1 is 0.667 bits per heavy atom. The lowest BCUT2D eigenvalue weighted by molar-refractivity contribution is -0.166. The van der Waals surface area contributed by atoms with Gasteiger partial charge in [-0.25, -0.2) is 0 Å². The molecule has 0 N–H and O–H groups in total. The molecule has 0 atom stereocenters. The van der Waals surface area contributed by atoms with Crippen LogP contribution in [0.15, 0.2) is 0 Å². The van der Waals surface area contributed by atoms with Gasteiger partial charge in [0.2, 0.25) is 0 Å². The summed E-state index contributed by atoms with van der Waals surface area (Å²) in [5.74, 6) is -1.09. The van der Waals surface area contributed by atoms with Gasteiger partial charge in [0.15, 0.2) is 6.10 Å². The van der Waals surface area contributed by atoms with Crippen molar-refractivity contribution in [3.8, 4) is 0 Å². The van der Waals surface area contributed by atoms with Crippen molar-refractivity contribution in [3.63, 3.8) is 0 Å². The molecule has 0 aromatic rings. The van der Waals surface area contributed by atoms with E-state index in [2.05, 4.69) is 13.8 Å². The summed E-state index contributed by atoms with van der Waals surface area (Å²) >= 11 is 0. The van der Waals surface area contributed by atoms with Gasteiger partial charge in [-0.15, -0.1) is 0 Å². The lowest BCUT2D eigenvalue weighted by atomic mass is 10.3. The van der Waals surface area contributed by atoms with E-state index in [0.717, 1.165) is 0 Å². The van der Waals surface area contributed by atoms with E-state index in [1.54, 1.807) is 0 Å². The molecule has 0 fully saturated rings. The Morgan fingerprint density at radius 3 is 1.33 bits per heavy atom. The molecule has 0 saturated carbocycles. The van der Waals surface area contributed by atoms with Crippen molar-refractivity contribution in [1.29, 1.82) is 0 Å². The first kappa shape index (κ1) is 24.7. The van der Waals surface area contributed by atoms with Crippen molar-refractivity contribution in [1.82, 2.24) is 0 Å². The van der Waals surface area contributed by atoms with E-state index in [1.165, 1.54) is 6.42 Å². The predicted molar refractivity (Wildman–Crippen MR) is 92.5 cm³/mol. The molecule has 0 aliphatic rings. The van der Waals surface area contributed by atoms with Crippen LogP contribution < -0.4 is 0 Å². The SMILES string of the molecule is CCC.CCCC(=O)OCC(COC(=O)CCC)OC(=O)CCC. The maximum absolute atomic E-state index is 11.5. The van der Waals surface area contributed by atoms with Gasteiger partial charge >= 0.3 is 17.9 Å². The van der Waals surface area contributed by atoms with Gasteiger partial charge in [0, 0.05) is 19.3 Å². The minimum Gasteiger partial charge on any atom is -0.462 e. The summed E-state index contributed by atoms with van der Waals surface area (Å²) in [4.78, 5) is 34.1. The van der Waals surface area contributed by atoms with Gasteiger partial charge in [0.1, 0.15) is 13.2 Å². The molecule has 0 aromatic heterocycles. The average Bonchev–Trinajstić information content (AvgIpc) is 2.51.